The monoisotopic (exact) mass is 535 g/mol. The molecule has 1 aromatic carbocycles. The van der Waals surface area contributed by atoms with Gasteiger partial charge in [-0.15, -0.1) is 0 Å². The molecular weight excluding hydrogens is 499 g/mol. The molecule has 9 heteroatoms. The third-order valence-corrected chi connectivity index (χ3v) is 8.49. The standard InChI is InChI=1S/C30H37FN4O4/c1-2-35-15-13-30(14-16-35)20-21(30)18-29(37)32-24(10-4-3-5-11-27(36)25-12-17-38-33-25)26-19-28(39-34-26)22-8-6-7-9-23(22)31/h6-9,12,17,19,21,24H,2-5,10-11,13-16,18,20H2,1H3,(H,32,37)/p-1/t21-,24?/m0/s1. The van der Waals surface area contributed by atoms with E-state index in [4.69, 9.17) is 9.05 Å². The molecule has 0 bridgehead atoms. The van der Waals surface area contributed by atoms with E-state index in [0.29, 0.717) is 59.7 Å². The van der Waals surface area contributed by atoms with Crippen LogP contribution in [0.1, 0.15) is 86.9 Å². The Bertz CT molecular complexity index is 1260. The lowest BCUT2D eigenvalue weighted by atomic mass is 9.90. The first kappa shape index (κ1) is 27.2. The fraction of sp³-hybridized carbons (Fsp3) is 0.533. The second-order valence-electron chi connectivity index (χ2n) is 10.9. The van der Waals surface area contributed by atoms with Crippen molar-refractivity contribution in [1.29, 1.82) is 0 Å². The highest BCUT2D eigenvalue weighted by Crippen LogP contribution is 2.60. The van der Waals surface area contributed by atoms with Crippen LogP contribution in [0.3, 0.4) is 0 Å². The smallest absolute Gasteiger partial charge is 0.184 e. The highest BCUT2D eigenvalue weighted by atomic mass is 19.1. The third-order valence-electron chi connectivity index (χ3n) is 8.49. The summed E-state index contributed by atoms with van der Waals surface area (Å²) in [4.78, 5) is 19.2. The Hall–Kier alpha value is -3.33. The topological polar surface area (TPSA) is 108 Å². The van der Waals surface area contributed by atoms with E-state index < -0.39 is 11.9 Å². The van der Waals surface area contributed by atoms with Gasteiger partial charge in [-0.2, -0.15) is 0 Å². The van der Waals surface area contributed by atoms with E-state index >= 15 is 0 Å². The number of carbonyl (C=O) groups excluding carboxylic acids is 1. The number of aromatic nitrogens is 2. The SMILES string of the molecule is CCN1CCC2(CC1)C[C@@H]2CC([O-])=NC(CCCCCC(=O)c1ccon1)c1cc(-c2ccccc2F)on1. The van der Waals surface area contributed by atoms with Crippen LogP contribution in [0.25, 0.3) is 11.3 Å². The van der Waals surface area contributed by atoms with Gasteiger partial charge >= 0.3 is 0 Å². The van der Waals surface area contributed by atoms with Crippen molar-refractivity contribution < 1.29 is 23.3 Å². The molecule has 1 spiro atoms. The van der Waals surface area contributed by atoms with E-state index in [2.05, 4.69) is 27.1 Å². The lowest BCUT2D eigenvalue weighted by molar-refractivity contribution is -0.220. The summed E-state index contributed by atoms with van der Waals surface area (Å²) in [6.07, 6.45) is 8.51. The Morgan fingerprint density at radius 1 is 1.21 bits per heavy atom. The van der Waals surface area contributed by atoms with Crippen LogP contribution in [0.15, 0.2) is 56.7 Å². The van der Waals surface area contributed by atoms with Crippen LogP contribution in [0, 0.1) is 17.2 Å². The molecule has 2 aromatic heterocycles. The van der Waals surface area contributed by atoms with Crippen LogP contribution in [0.2, 0.25) is 0 Å². The van der Waals surface area contributed by atoms with Crippen molar-refractivity contribution in [1.82, 2.24) is 15.2 Å². The average molecular weight is 536 g/mol. The second kappa shape index (κ2) is 12.2. The summed E-state index contributed by atoms with van der Waals surface area (Å²) in [7, 11) is 0. The van der Waals surface area contributed by atoms with Crippen molar-refractivity contribution in [3.8, 4) is 11.3 Å². The number of Topliss-reactive ketones (excluding diaryl/α,β-unsaturated/α-hetero) is 1. The number of hydrogen-bond donors (Lipinski definition) is 0. The highest BCUT2D eigenvalue weighted by Gasteiger charge is 2.53. The van der Waals surface area contributed by atoms with Gasteiger partial charge in [0, 0.05) is 18.6 Å². The maximum atomic E-state index is 14.3. The zero-order chi connectivity index (χ0) is 27.2. The average Bonchev–Trinajstić information content (AvgIpc) is 3.35. The van der Waals surface area contributed by atoms with Gasteiger partial charge in [0.15, 0.2) is 11.5 Å². The maximum Gasteiger partial charge on any atom is 0.184 e. The molecule has 2 aliphatic rings. The summed E-state index contributed by atoms with van der Waals surface area (Å²) < 4.78 is 24.5. The summed E-state index contributed by atoms with van der Waals surface area (Å²) in [5.41, 5.74) is 1.51. The number of rotatable bonds is 13. The lowest BCUT2D eigenvalue weighted by Crippen LogP contribution is -2.35. The molecule has 39 heavy (non-hydrogen) atoms. The quantitative estimate of drug-likeness (QED) is 0.121. The molecular formula is C30H36FN4O4-. The van der Waals surface area contributed by atoms with Gasteiger partial charge < -0.3 is 19.1 Å². The predicted octanol–water partition coefficient (Wildman–Crippen LogP) is 5.61. The molecule has 1 unspecified atom stereocenters. The first-order valence-electron chi connectivity index (χ1n) is 14.1. The van der Waals surface area contributed by atoms with Crippen molar-refractivity contribution in [2.45, 2.75) is 70.8 Å². The first-order chi connectivity index (χ1) is 19.0. The maximum absolute atomic E-state index is 14.3. The minimum absolute atomic E-state index is 0.0469. The number of likely N-dealkylation sites (tertiary alicyclic amines) is 1. The van der Waals surface area contributed by atoms with E-state index in [9.17, 15) is 14.3 Å². The summed E-state index contributed by atoms with van der Waals surface area (Å²) >= 11 is 0. The second-order valence-corrected chi connectivity index (χ2v) is 10.9. The van der Waals surface area contributed by atoms with Crippen molar-refractivity contribution in [3.05, 3.63) is 59.9 Å². The Kier molecular flexibility index (Phi) is 8.55. The summed E-state index contributed by atoms with van der Waals surface area (Å²) in [5, 5.41) is 21.0. The van der Waals surface area contributed by atoms with Crippen LogP contribution in [0.5, 0.6) is 0 Å². The molecule has 2 atom stereocenters. The Morgan fingerprint density at radius 2 is 2.03 bits per heavy atom. The molecule has 0 N–H and O–H groups in total. The fourth-order valence-electron chi connectivity index (χ4n) is 5.88. The highest BCUT2D eigenvalue weighted by molar-refractivity contribution is 5.93. The number of nitrogens with zero attached hydrogens (tertiary/aromatic N) is 4. The molecule has 208 valence electrons. The van der Waals surface area contributed by atoms with Gasteiger partial charge in [0.1, 0.15) is 23.5 Å². The molecule has 1 saturated carbocycles. The summed E-state index contributed by atoms with van der Waals surface area (Å²) in [6, 6.07) is 9.16. The number of aliphatic imine (C=N–C) groups is 1. The number of hydrogen-bond acceptors (Lipinski definition) is 8. The van der Waals surface area contributed by atoms with Crippen LogP contribution < -0.4 is 5.11 Å². The zero-order valence-electron chi connectivity index (χ0n) is 22.5. The fourth-order valence-corrected chi connectivity index (χ4v) is 5.88. The number of carbonyl (C=O) groups is 1. The number of benzene rings is 1. The molecule has 1 aliphatic heterocycles. The van der Waals surface area contributed by atoms with Gasteiger partial charge in [0.2, 0.25) is 0 Å². The van der Waals surface area contributed by atoms with E-state index in [1.165, 1.54) is 12.3 Å². The number of piperidine rings is 1. The number of unbranched alkanes of at least 4 members (excludes halogenated alkanes) is 2. The first-order valence-corrected chi connectivity index (χ1v) is 14.1. The van der Waals surface area contributed by atoms with E-state index in [0.717, 1.165) is 51.7 Å². The summed E-state index contributed by atoms with van der Waals surface area (Å²) in [5.74, 6) is 0.181. The molecule has 8 nitrogen and oxygen atoms in total. The molecule has 2 fully saturated rings. The number of halogens is 1. The van der Waals surface area contributed by atoms with Crippen molar-refractivity contribution in [2.24, 2.45) is 16.3 Å². The summed E-state index contributed by atoms with van der Waals surface area (Å²) in [6.45, 7) is 5.49. The van der Waals surface area contributed by atoms with Crippen LogP contribution >= 0.6 is 0 Å². The van der Waals surface area contributed by atoms with Crippen molar-refractivity contribution in [3.63, 3.8) is 0 Å². The van der Waals surface area contributed by atoms with Gasteiger partial charge in [-0.3, -0.25) is 9.79 Å². The van der Waals surface area contributed by atoms with Gasteiger partial charge in [-0.1, -0.05) is 42.2 Å². The number of ketones is 1. The molecule has 1 aliphatic carbocycles. The van der Waals surface area contributed by atoms with Crippen LogP contribution in [-0.4, -0.2) is 46.5 Å². The van der Waals surface area contributed by atoms with Crippen LogP contribution in [0.4, 0.5) is 4.39 Å². The predicted molar refractivity (Wildman–Crippen MR) is 142 cm³/mol. The third kappa shape index (κ3) is 6.64. The van der Waals surface area contributed by atoms with Gasteiger partial charge in [0.05, 0.1) is 11.6 Å². The van der Waals surface area contributed by atoms with E-state index in [-0.39, 0.29) is 11.7 Å². The van der Waals surface area contributed by atoms with E-state index in [1.54, 1.807) is 30.3 Å². The van der Waals surface area contributed by atoms with Gasteiger partial charge in [-0.25, -0.2) is 4.39 Å². The normalized spacial score (nSPS) is 19.8. The van der Waals surface area contributed by atoms with Gasteiger partial charge in [0.25, 0.3) is 0 Å². The Balaban J connectivity index is 1.22. The minimum Gasteiger partial charge on any atom is -0.862 e. The van der Waals surface area contributed by atoms with Crippen molar-refractivity contribution >= 4 is 11.7 Å². The molecule has 0 amide bonds. The molecule has 3 aromatic rings. The Morgan fingerprint density at radius 3 is 2.77 bits per heavy atom. The van der Waals surface area contributed by atoms with E-state index in [1.807, 2.05) is 0 Å². The molecule has 3 heterocycles. The molecule has 5 rings (SSSR count). The minimum atomic E-state index is -0.468. The largest absolute Gasteiger partial charge is 0.862 e. The van der Waals surface area contributed by atoms with Gasteiger partial charge in [-0.05, 0) is 87.5 Å². The lowest BCUT2D eigenvalue weighted by Gasteiger charge is -2.32. The Labute approximate surface area is 228 Å². The van der Waals surface area contributed by atoms with Crippen LogP contribution in [-0.2, 0) is 0 Å². The molecule has 1 saturated heterocycles. The molecule has 0 radical (unpaired) electrons. The van der Waals surface area contributed by atoms with Crippen molar-refractivity contribution in [2.75, 3.05) is 19.6 Å². The zero-order valence-corrected chi connectivity index (χ0v) is 22.5.